The predicted molar refractivity (Wildman–Crippen MR) is 90.1 cm³/mol. The number of carbonyl (C=O) groups is 1. The molecule has 0 saturated carbocycles. The third-order valence-electron chi connectivity index (χ3n) is 3.27. The number of para-hydroxylation sites is 1. The lowest BCUT2D eigenvalue weighted by molar-refractivity contribution is 0.102. The third-order valence-corrected chi connectivity index (χ3v) is 3.94. The van der Waals surface area contributed by atoms with Crippen LogP contribution < -0.4 is 5.32 Å². The fourth-order valence-corrected chi connectivity index (χ4v) is 2.88. The van der Waals surface area contributed by atoms with E-state index >= 15 is 0 Å². The number of amides is 1. The van der Waals surface area contributed by atoms with E-state index in [9.17, 15) is 4.79 Å². The highest BCUT2D eigenvalue weighted by Gasteiger charge is 2.11. The number of benzene rings is 2. The Balaban J connectivity index is 1.95. The zero-order valence-corrected chi connectivity index (χ0v) is 13.1. The van der Waals surface area contributed by atoms with Crippen molar-refractivity contribution in [1.29, 1.82) is 0 Å². The number of aryl methyl sites for hydroxylation is 1. The van der Waals surface area contributed by atoms with E-state index in [0.29, 0.717) is 5.56 Å². The Morgan fingerprint density at radius 3 is 2.85 bits per heavy atom. The third kappa shape index (κ3) is 2.43. The molecule has 0 fully saturated rings. The molecule has 4 heteroatoms. The highest BCUT2D eigenvalue weighted by molar-refractivity contribution is 14.1. The van der Waals surface area contributed by atoms with E-state index in [0.717, 1.165) is 25.7 Å². The maximum absolute atomic E-state index is 12.4. The van der Waals surface area contributed by atoms with E-state index in [4.69, 9.17) is 0 Å². The maximum Gasteiger partial charge on any atom is 0.257 e. The molecule has 3 nitrogen and oxygen atoms in total. The normalized spacial score (nSPS) is 10.7. The highest BCUT2D eigenvalue weighted by Crippen LogP contribution is 2.21. The van der Waals surface area contributed by atoms with Crippen LogP contribution in [0, 0.1) is 10.5 Å². The van der Waals surface area contributed by atoms with Crippen LogP contribution in [0.25, 0.3) is 10.9 Å². The van der Waals surface area contributed by atoms with Gasteiger partial charge in [-0.1, -0.05) is 12.1 Å². The van der Waals surface area contributed by atoms with Gasteiger partial charge in [-0.05, 0) is 65.4 Å². The molecule has 0 aliphatic carbocycles. The second kappa shape index (κ2) is 5.28. The molecule has 100 valence electrons. The van der Waals surface area contributed by atoms with Crippen molar-refractivity contribution in [2.45, 2.75) is 6.92 Å². The van der Waals surface area contributed by atoms with Gasteiger partial charge < -0.3 is 10.3 Å². The minimum absolute atomic E-state index is 0.0950. The molecule has 20 heavy (non-hydrogen) atoms. The average Bonchev–Trinajstić information content (AvgIpc) is 2.90. The smallest absolute Gasteiger partial charge is 0.257 e. The van der Waals surface area contributed by atoms with Crippen LogP contribution in [0.1, 0.15) is 15.9 Å². The molecule has 1 amide bonds. The van der Waals surface area contributed by atoms with E-state index < -0.39 is 0 Å². The van der Waals surface area contributed by atoms with Crippen molar-refractivity contribution in [3.63, 3.8) is 0 Å². The summed E-state index contributed by atoms with van der Waals surface area (Å²) in [6, 6.07) is 13.6. The number of H-pyrrole nitrogens is 1. The molecule has 0 saturated heterocycles. The van der Waals surface area contributed by atoms with Gasteiger partial charge in [0.15, 0.2) is 0 Å². The summed E-state index contributed by atoms with van der Waals surface area (Å²) in [4.78, 5) is 15.5. The van der Waals surface area contributed by atoms with Crippen molar-refractivity contribution in [3.8, 4) is 0 Å². The van der Waals surface area contributed by atoms with E-state index in [-0.39, 0.29) is 5.91 Å². The van der Waals surface area contributed by atoms with Crippen LogP contribution in [0.2, 0.25) is 0 Å². The molecule has 0 bridgehead atoms. The van der Waals surface area contributed by atoms with Crippen LogP contribution in [0.5, 0.6) is 0 Å². The zero-order valence-electron chi connectivity index (χ0n) is 10.9. The fraction of sp³-hybridized carbons (Fsp3) is 0.0625. The zero-order chi connectivity index (χ0) is 14.1. The molecule has 1 aromatic heterocycles. The number of anilines is 1. The molecule has 0 spiro atoms. The Hall–Kier alpha value is -1.82. The van der Waals surface area contributed by atoms with Gasteiger partial charge in [0.05, 0.1) is 11.1 Å². The van der Waals surface area contributed by atoms with Crippen molar-refractivity contribution in [1.82, 2.24) is 4.98 Å². The first kappa shape index (κ1) is 13.2. The second-order valence-electron chi connectivity index (χ2n) is 4.66. The molecular formula is C16H13IN2O. The van der Waals surface area contributed by atoms with Crippen molar-refractivity contribution >= 4 is 45.1 Å². The number of rotatable bonds is 2. The number of carbonyl (C=O) groups excluding carboxylic acids is 1. The summed E-state index contributed by atoms with van der Waals surface area (Å²) in [7, 11) is 0. The summed E-state index contributed by atoms with van der Waals surface area (Å²) < 4.78 is 1.16. The molecule has 2 aromatic carbocycles. The van der Waals surface area contributed by atoms with Gasteiger partial charge in [0.25, 0.3) is 5.91 Å². The largest absolute Gasteiger partial charge is 0.361 e. The Kier molecular flexibility index (Phi) is 3.48. The minimum Gasteiger partial charge on any atom is -0.361 e. The average molecular weight is 376 g/mol. The number of nitrogens with one attached hydrogen (secondary N) is 2. The Morgan fingerprint density at radius 1 is 1.20 bits per heavy atom. The highest BCUT2D eigenvalue weighted by atomic mass is 127. The monoisotopic (exact) mass is 376 g/mol. The van der Waals surface area contributed by atoms with Gasteiger partial charge in [-0.3, -0.25) is 4.79 Å². The molecule has 2 N–H and O–H groups in total. The fourth-order valence-electron chi connectivity index (χ4n) is 2.23. The van der Waals surface area contributed by atoms with Gasteiger partial charge in [0, 0.05) is 20.8 Å². The van der Waals surface area contributed by atoms with Crippen LogP contribution in [-0.2, 0) is 0 Å². The number of halogens is 1. The topological polar surface area (TPSA) is 44.9 Å². The lowest BCUT2D eigenvalue weighted by Crippen LogP contribution is -2.13. The van der Waals surface area contributed by atoms with Crippen LogP contribution in [0.15, 0.2) is 48.7 Å². The molecule has 3 aromatic rings. The Morgan fingerprint density at radius 2 is 2.05 bits per heavy atom. The van der Waals surface area contributed by atoms with E-state index in [1.165, 1.54) is 0 Å². The lowest BCUT2D eigenvalue weighted by Gasteiger charge is -2.09. The maximum atomic E-state index is 12.4. The minimum atomic E-state index is -0.0950. The molecule has 1 heterocycles. The SMILES string of the molecule is Cc1cc(I)ccc1NC(=O)c1cccc2cc[nH]c12. The molecule has 0 radical (unpaired) electrons. The van der Waals surface area contributed by atoms with E-state index in [2.05, 4.69) is 32.9 Å². The summed E-state index contributed by atoms with van der Waals surface area (Å²) in [5, 5.41) is 4.01. The lowest BCUT2D eigenvalue weighted by atomic mass is 10.1. The molecule has 0 aliphatic rings. The van der Waals surface area contributed by atoms with Crippen molar-refractivity contribution < 1.29 is 4.79 Å². The van der Waals surface area contributed by atoms with Gasteiger partial charge >= 0.3 is 0 Å². The summed E-state index contributed by atoms with van der Waals surface area (Å²) in [5.41, 5.74) is 3.43. The van der Waals surface area contributed by atoms with Crippen LogP contribution in [0.4, 0.5) is 5.69 Å². The molecule has 0 unspecified atom stereocenters. The van der Waals surface area contributed by atoms with Gasteiger partial charge in [0.1, 0.15) is 0 Å². The second-order valence-corrected chi connectivity index (χ2v) is 5.91. The molecular weight excluding hydrogens is 363 g/mol. The summed E-state index contributed by atoms with van der Waals surface area (Å²) in [5.74, 6) is -0.0950. The number of aromatic nitrogens is 1. The van der Waals surface area contributed by atoms with E-state index in [1.54, 1.807) is 0 Å². The van der Waals surface area contributed by atoms with Crippen molar-refractivity contribution in [2.24, 2.45) is 0 Å². The molecule has 3 rings (SSSR count). The Bertz CT molecular complexity index is 792. The van der Waals surface area contributed by atoms with Gasteiger partial charge in [0.2, 0.25) is 0 Å². The van der Waals surface area contributed by atoms with Crippen molar-refractivity contribution in [3.05, 3.63) is 63.4 Å². The first-order chi connectivity index (χ1) is 9.65. The van der Waals surface area contributed by atoms with Gasteiger partial charge in [-0.15, -0.1) is 0 Å². The predicted octanol–water partition coefficient (Wildman–Crippen LogP) is 4.33. The van der Waals surface area contributed by atoms with Crippen LogP contribution in [-0.4, -0.2) is 10.9 Å². The summed E-state index contributed by atoms with van der Waals surface area (Å²) in [6.07, 6.45) is 1.84. The van der Waals surface area contributed by atoms with Gasteiger partial charge in [-0.25, -0.2) is 0 Å². The standard InChI is InChI=1S/C16H13IN2O/c1-10-9-12(17)5-6-14(10)19-16(20)13-4-2-3-11-7-8-18-15(11)13/h2-9,18H,1H3,(H,19,20). The first-order valence-electron chi connectivity index (χ1n) is 6.29. The molecule has 0 aliphatic heterocycles. The molecule has 0 atom stereocenters. The summed E-state index contributed by atoms with van der Waals surface area (Å²) in [6.45, 7) is 1.99. The summed E-state index contributed by atoms with van der Waals surface area (Å²) >= 11 is 2.26. The number of hydrogen-bond donors (Lipinski definition) is 2. The number of aromatic amines is 1. The van der Waals surface area contributed by atoms with Crippen LogP contribution in [0.3, 0.4) is 0 Å². The first-order valence-corrected chi connectivity index (χ1v) is 7.36. The van der Waals surface area contributed by atoms with E-state index in [1.807, 2.05) is 55.6 Å². The van der Waals surface area contributed by atoms with Gasteiger partial charge in [-0.2, -0.15) is 0 Å². The van der Waals surface area contributed by atoms with Crippen LogP contribution >= 0.6 is 22.6 Å². The number of fused-ring (bicyclic) bond motifs is 1. The quantitative estimate of drug-likeness (QED) is 0.643. The number of hydrogen-bond acceptors (Lipinski definition) is 1. The van der Waals surface area contributed by atoms with Crippen molar-refractivity contribution in [2.75, 3.05) is 5.32 Å². The Labute approximate surface area is 130 Å².